The van der Waals surface area contributed by atoms with Crippen molar-refractivity contribution < 1.29 is 9.53 Å². The molecule has 2 N–H and O–H groups in total. The molecule has 3 rings (SSSR count). The summed E-state index contributed by atoms with van der Waals surface area (Å²) in [5.41, 5.74) is 1.02. The summed E-state index contributed by atoms with van der Waals surface area (Å²) in [7, 11) is 0. The predicted molar refractivity (Wildman–Crippen MR) is 82.0 cm³/mol. The van der Waals surface area contributed by atoms with E-state index in [4.69, 9.17) is 4.74 Å². The molecule has 2 aliphatic rings. The quantitative estimate of drug-likeness (QED) is 0.876. The predicted octanol–water partition coefficient (Wildman–Crippen LogP) is 2.98. The fourth-order valence-corrected chi connectivity index (χ4v) is 2.97. The van der Waals surface area contributed by atoms with Crippen LogP contribution in [0.15, 0.2) is 30.3 Å². The molecule has 2 fully saturated rings. The zero-order chi connectivity index (χ0) is 14.5. The first-order chi connectivity index (χ1) is 10.3. The molecule has 21 heavy (non-hydrogen) atoms. The van der Waals surface area contributed by atoms with Crippen molar-refractivity contribution in [3.8, 4) is 0 Å². The van der Waals surface area contributed by atoms with Crippen LogP contribution >= 0.6 is 0 Å². The number of amides is 1. The summed E-state index contributed by atoms with van der Waals surface area (Å²) in [4.78, 5) is 12.0. The second kappa shape index (κ2) is 6.94. The minimum absolute atomic E-state index is 0.211. The van der Waals surface area contributed by atoms with E-state index in [9.17, 15) is 4.79 Å². The Morgan fingerprint density at radius 1 is 1.05 bits per heavy atom. The van der Waals surface area contributed by atoms with Gasteiger partial charge in [0.1, 0.15) is 6.61 Å². The van der Waals surface area contributed by atoms with Crippen molar-refractivity contribution >= 4 is 6.09 Å². The third-order valence-corrected chi connectivity index (χ3v) is 4.31. The molecule has 0 bridgehead atoms. The summed E-state index contributed by atoms with van der Waals surface area (Å²) < 4.78 is 5.32. The van der Waals surface area contributed by atoms with Crippen LogP contribution in [0, 0.1) is 0 Å². The van der Waals surface area contributed by atoms with E-state index in [0.29, 0.717) is 18.7 Å². The maximum atomic E-state index is 12.0. The van der Waals surface area contributed by atoms with Crippen molar-refractivity contribution in [1.82, 2.24) is 10.6 Å². The van der Waals surface area contributed by atoms with Crippen molar-refractivity contribution in [3.63, 3.8) is 0 Å². The average molecular weight is 288 g/mol. The monoisotopic (exact) mass is 288 g/mol. The van der Waals surface area contributed by atoms with Crippen LogP contribution in [0.3, 0.4) is 0 Å². The fraction of sp³-hybridized carbons (Fsp3) is 0.588. The van der Waals surface area contributed by atoms with E-state index < -0.39 is 0 Å². The molecular weight excluding hydrogens is 264 g/mol. The Kier molecular flexibility index (Phi) is 4.76. The highest BCUT2D eigenvalue weighted by Crippen LogP contribution is 2.25. The number of carbonyl (C=O) groups is 1. The van der Waals surface area contributed by atoms with Gasteiger partial charge in [0.25, 0.3) is 0 Å². The van der Waals surface area contributed by atoms with E-state index in [1.807, 2.05) is 30.3 Å². The average Bonchev–Trinajstić information content (AvgIpc) is 3.32. The molecule has 0 heterocycles. The Morgan fingerprint density at radius 3 is 2.48 bits per heavy atom. The minimum atomic E-state index is -0.298. The third-order valence-electron chi connectivity index (χ3n) is 4.31. The molecule has 4 heteroatoms. The van der Waals surface area contributed by atoms with Crippen LogP contribution in [0.25, 0.3) is 0 Å². The van der Waals surface area contributed by atoms with E-state index >= 15 is 0 Å². The van der Waals surface area contributed by atoms with Crippen LogP contribution in [-0.4, -0.2) is 24.2 Å². The van der Waals surface area contributed by atoms with Crippen molar-refractivity contribution in [1.29, 1.82) is 0 Å². The molecule has 0 unspecified atom stereocenters. The number of nitrogens with one attached hydrogen (secondary N) is 2. The number of alkyl carbamates (subject to hydrolysis) is 1. The number of benzene rings is 1. The normalized spacial score (nSPS) is 25.3. The van der Waals surface area contributed by atoms with Crippen molar-refractivity contribution in [2.45, 2.75) is 63.3 Å². The SMILES string of the molecule is O=C(N[C@@H]1CCCC[C@H]1NC1CC1)OCc1ccccc1. The number of carbonyl (C=O) groups excluding carboxylic acids is 1. The first kappa shape index (κ1) is 14.4. The van der Waals surface area contributed by atoms with E-state index in [2.05, 4.69) is 10.6 Å². The molecule has 2 aliphatic carbocycles. The van der Waals surface area contributed by atoms with Crippen LogP contribution in [0.1, 0.15) is 44.1 Å². The Balaban J connectivity index is 1.45. The molecule has 0 aliphatic heterocycles. The van der Waals surface area contributed by atoms with Crippen LogP contribution in [-0.2, 0) is 11.3 Å². The second-order valence-corrected chi connectivity index (χ2v) is 6.14. The Bertz CT molecular complexity index is 459. The Labute approximate surface area is 126 Å². The standard InChI is InChI=1S/C17H24N2O2/c20-17(21-12-13-6-2-1-3-7-13)19-16-9-5-4-8-15(16)18-14-10-11-14/h1-3,6-7,14-16,18H,4-5,8-12H2,(H,19,20)/t15-,16-/m1/s1. The zero-order valence-corrected chi connectivity index (χ0v) is 12.4. The zero-order valence-electron chi connectivity index (χ0n) is 12.4. The molecule has 2 atom stereocenters. The summed E-state index contributed by atoms with van der Waals surface area (Å²) in [6.07, 6.45) is 6.90. The number of hydrogen-bond acceptors (Lipinski definition) is 3. The van der Waals surface area contributed by atoms with Gasteiger partial charge in [-0.3, -0.25) is 0 Å². The van der Waals surface area contributed by atoms with Crippen LogP contribution in [0.2, 0.25) is 0 Å². The summed E-state index contributed by atoms with van der Waals surface area (Å²) in [6.45, 7) is 0.333. The first-order valence-corrected chi connectivity index (χ1v) is 8.04. The fourth-order valence-electron chi connectivity index (χ4n) is 2.97. The topological polar surface area (TPSA) is 50.4 Å². The summed E-state index contributed by atoms with van der Waals surface area (Å²) in [5.74, 6) is 0. The van der Waals surface area contributed by atoms with E-state index in [-0.39, 0.29) is 12.1 Å². The maximum absolute atomic E-state index is 12.0. The lowest BCUT2D eigenvalue weighted by atomic mass is 9.90. The van der Waals surface area contributed by atoms with Gasteiger partial charge in [0.05, 0.1) is 0 Å². The molecule has 114 valence electrons. The van der Waals surface area contributed by atoms with E-state index in [1.54, 1.807) is 0 Å². The van der Waals surface area contributed by atoms with Gasteiger partial charge in [-0.05, 0) is 31.2 Å². The molecular formula is C17H24N2O2. The lowest BCUT2D eigenvalue weighted by Crippen LogP contribution is -2.52. The molecule has 0 saturated heterocycles. The van der Waals surface area contributed by atoms with Gasteiger partial charge in [0, 0.05) is 18.1 Å². The second-order valence-electron chi connectivity index (χ2n) is 6.14. The van der Waals surface area contributed by atoms with Crippen molar-refractivity contribution in [2.24, 2.45) is 0 Å². The molecule has 0 aromatic heterocycles. The lowest BCUT2D eigenvalue weighted by molar-refractivity contribution is 0.129. The first-order valence-electron chi connectivity index (χ1n) is 8.04. The molecule has 1 amide bonds. The molecule has 4 nitrogen and oxygen atoms in total. The Hall–Kier alpha value is -1.55. The van der Waals surface area contributed by atoms with E-state index in [1.165, 1.54) is 25.7 Å². The van der Waals surface area contributed by atoms with Gasteiger partial charge in [-0.2, -0.15) is 0 Å². The maximum Gasteiger partial charge on any atom is 0.407 e. The lowest BCUT2D eigenvalue weighted by Gasteiger charge is -2.32. The van der Waals surface area contributed by atoms with Gasteiger partial charge in [0.2, 0.25) is 0 Å². The van der Waals surface area contributed by atoms with Crippen LogP contribution < -0.4 is 10.6 Å². The molecule has 0 radical (unpaired) electrons. The van der Waals surface area contributed by atoms with Gasteiger partial charge in [-0.15, -0.1) is 0 Å². The highest BCUT2D eigenvalue weighted by molar-refractivity contribution is 5.67. The van der Waals surface area contributed by atoms with Crippen molar-refractivity contribution in [3.05, 3.63) is 35.9 Å². The summed E-state index contributed by atoms with van der Waals surface area (Å²) in [6, 6.07) is 11.1. The molecule has 1 aromatic rings. The third kappa shape index (κ3) is 4.46. The van der Waals surface area contributed by atoms with Gasteiger partial charge >= 0.3 is 6.09 Å². The minimum Gasteiger partial charge on any atom is -0.445 e. The van der Waals surface area contributed by atoms with Gasteiger partial charge < -0.3 is 15.4 Å². The largest absolute Gasteiger partial charge is 0.445 e. The smallest absolute Gasteiger partial charge is 0.407 e. The molecule has 1 aromatic carbocycles. The number of rotatable bonds is 5. The Morgan fingerprint density at radius 2 is 1.76 bits per heavy atom. The highest BCUT2D eigenvalue weighted by atomic mass is 16.5. The summed E-state index contributed by atoms with van der Waals surface area (Å²) >= 11 is 0. The van der Waals surface area contributed by atoms with Gasteiger partial charge in [0.15, 0.2) is 0 Å². The highest BCUT2D eigenvalue weighted by Gasteiger charge is 2.31. The molecule has 0 spiro atoms. The number of ether oxygens (including phenoxy) is 1. The van der Waals surface area contributed by atoms with E-state index in [0.717, 1.165) is 18.4 Å². The number of hydrogen-bond donors (Lipinski definition) is 2. The summed E-state index contributed by atoms with van der Waals surface area (Å²) in [5, 5.41) is 6.70. The molecule has 2 saturated carbocycles. The van der Waals surface area contributed by atoms with Gasteiger partial charge in [-0.1, -0.05) is 43.2 Å². The van der Waals surface area contributed by atoms with Gasteiger partial charge in [-0.25, -0.2) is 4.79 Å². The van der Waals surface area contributed by atoms with Crippen LogP contribution in [0.5, 0.6) is 0 Å². The van der Waals surface area contributed by atoms with Crippen molar-refractivity contribution in [2.75, 3.05) is 0 Å². The van der Waals surface area contributed by atoms with Crippen LogP contribution in [0.4, 0.5) is 4.79 Å².